The third kappa shape index (κ3) is 6.33. The van der Waals surface area contributed by atoms with Crippen LogP contribution in [-0.4, -0.2) is 38.1 Å². The van der Waals surface area contributed by atoms with Crippen LogP contribution in [0.4, 0.5) is 5.69 Å². The lowest BCUT2D eigenvalue weighted by molar-refractivity contribution is -0.116. The molecule has 0 unspecified atom stereocenters. The van der Waals surface area contributed by atoms with Crippen LogP contribution in [0.3, 0.4) is 0 Å². The second kappa shape index (κ2) is 11.3. The fraction of sp³-hybridized carbons (Fsp3) is 0.160. The molecular weight excluding hydrogens is 422 g/mol. The lowest BCUT2D eigenvalue weighted by atomic mass is 10.1. The predicted molar refractivity (Wildman–Crippen MR) is 126 cm³/mol. The molecule has 0 aliphatic heterocycles. The molecule has 0 saturated heterocycles. The van der Waals surface area contributed by atoms with E-state index >= 15 is 0 Å². The standard InChI is InChI=1S/C25H25N3O5/c1-31-21-13-18(14-22(32-2)24(21)33-3)8-11-23(29)27-15-17-6-9-19(10-7-17)25(30)28-20-5-4-12-26-16-20/h4-14,16H,15H2,1-3H3,(H,27,29)(H,28,30)/b11-8+. The number of carbonyl (C=O) groups excluding carboxylic acids is 2. The van der Waals surface area contributed by atoms with Crippen LogP contribution >= 0.6 is 0 Å². The summed E-state index contributed by atoms with van der Waals surface area (Å²) in [5.41, 5.74) is 2.72. The number of carbonyl (C=O) groups is 2. The van der Waals surface area contributed by atoms with Gasteiger partial charge in [0.15, 0.2) is 11.5 Å². The van der Waals surface area contributed by atoms with E-state index < -0.39 is 0 Å². The number of nitrogens with one attached hydrogen (secondary N) is 2. The highest BCUT2D eigenvalue weighted by Crippen LogP contribution is 2.38. The zero-order valence-electron chi connectivity index (χ0n) is 18.6. The average molecular weight is 447 g/mol. The first-order valence-corrected chi connectivity index (χ1v) is 10.1. The quantitative estimate of drug-likeness (QED) is 0.486. The topological polar surface area (TPSA) is 98.8 Å². The molecule has 3 aromatic rings. The van der Waals surface area contributed by atoms with Crippen LogP contribution < -0.4 is 24.8 Å². The molecule has 8 nitrogen and oxygen atoms in total. The monoisotopic (exact) mass is 447 g/mol. The van der Waals surface area contributed by atoms with E-state index in [0.29, 0.717) is 35.0 Å². The molecule has 0 aliphatic carbocycles. The van der Waals surface area contributed by atoms with Crippen molar-refractivity contribution in [1.82, 2.24) is 10.3 Å². The first kappa shape index (κ1) is 23.3. The molecule has 1 heterocycles. The molecule has 3 rings (SSSR count). The number of methoxy groups -OCH3 is 3. The fourth-order valence-corrected chi connectivity index (χ4v) is 3.03. The summed E-state index contributed by atoms with van der Waals surface area (Å²) in [7, 11) is 4.60. The zero-order valence-corrected chi connectivity index (χ0v) is 18.6. The Labute approximate surface area is 192 Å². The fourth-order valence-electron chi connectivity index (χ4n) is 3.03. The van der Waals surface area contributed by atoms with Crippen LogP contribution in [0.5, 0.6) is 17.2 Å². The molecule has 8 heteroatoms. The lowest BCUT2D eigenvalue weighted by Gasteiger charge is -2.12. The van der Waals surface area contributed by atoms with Gasteiger partial charge < -0.3 is 24.8 Å². The van der Waals surface area contributed by atoms with Crippen molar-refractivity contribution in [2.75, 3.05) is 26.6 Å². The van der Waals surface area contributed by atoms with Gasteiger partial charge in [-0.15, -0.1) is 0 Å². The van der Waals surface area contributed by atoms with Gasteiger partial charge in [-0.3, -0.25) is 14.6 Å². The number of amides is 2. The molecule has 1 aromatic heterocycles. The highest BCUT2D eigenvalue weighted by molar-refractivity contribution is 6.04. The van der Waals surface area contributed by atoms with Gasteiger partial charge in [-0.05, 0) is 53.6 Å². The number of benzene rings is 2. The molecule has 0 fully saturated rings. The molecule has 2 N–H and O–H groups in total. The molecule has 0 aliphatic rings. The van der Waals surface area contributed by atoms with Crippen molar-refractivity contribution in [3.8, 4) is 17.2 Å². The van der Waals surface area contributed by atoms with Crippen molar-refractivity contribution in [2.24, 2.45) is 0 Å². The summed E-state index contributed by atoms with van der Waals surface area (Å²) in [5.74, 6) is 1.00. The molecule has 0 radical (unpaired) electrons. The number of hydrogen-bond acceptors (Lipinski definition) is 6. The van der Waals surface area contributed by atoms with Crippen molar-refractivity contribution in [3.05, 3.63) is 83.7 Å². The second-order valence-corrected chi connectivity index (χ2v) is 6.90. The van der Waals surface area contributed by atoms with Gasteiger partial charge in [0.05, 0.1) is 33.2 Å². The molecule has 170 valence electrons. The average Bonchev–Trinajstić information content (AvgIpc) is 2.86. The van der Waals surface area contributed by atoms with Crippen LogP contribution in [-0.2, 0) is 11.3 Å². The molecule has 2 amide bonds. The summed E-state index contributed by atoms with van der Waals surface area (Å²) in [5, 5.41) is 5.59. The number of anilines is 1. The van der Waals surface area contributed by atoms with E-state index in [1.54, 1.807) is 67.0 Å². The van der Waals surface area contributed by atoms with Gasteiger partial charge in [-0.1, -0.05) is 12.1 Å². The Morgan fingerprint density at radius 3 is 2.24 bits per heavy atom. The van der Waals surface area contributed by atoms with Crippen molar-refractivity contribution in [2.45, 2.75) is 6.54 Å². The number of nitrogens with zero attached hydrogens (tertiary/aromatic N) is 1. The van der Waals surface area contributed by atoms with E-state index in [-0.39, 0.29) is 11.8 Å². The molecule has 0 atom stereocenters. The molecule has 0 saturated carbocycles. The lowest BCUT2D eigenvalue weighted by Crippen LogP contribution is -2.20. The minimum absolute atomic E-state index is 0.230. The number of aromatic nitrogens is 1. The summed E-state index contributed by atoms with van der Waals surface area (Å²) < 4.78 is 15.9. The first-order chi connectivity index (χ1) is 16.0. The first-order valence-electron chi connectivity index (χ1n) is 10.1. The van der Waals surface area contributed by atoms with Gasteiger partial charge in [0.1, 0.15) is 0 Å². The summed E-state index contributed by atoms with van der Waals surface area (Å²) in [4.78, 5) is 28.5. The summed E-state index contributed by atoms with van der Waals surface area (Å²) in [6, 6.07) is 14.0. The summed E-state index contributed by atoms with van der Waals surface area (Å²) in [6.07, 6.45) is 6.30. The normalized spacial score (nSPS) is 10.5. The van der Waals surface area contributed by atoms with Crippen molar-refractivity contribution >= 4 is 23.6 Å². The summed E-state index contributed by atoms with van der Waals surface area (Å²) in [6.45, 7) is 0.322. The number of rotatable bonds is 9. The minimum atomic E-state index is -0.262. The van der Waals surface area contributed by atoms with E-state index in [0.717, 1.165) is 11.1 Å². The van der Waals surface area contributed by atoms with E-state index in [1.165, 1.54) is 27.4 Å². The van der Waals surface area contributed by atoms with Gasteiger partial charge in [0.25, 0.3) is 5.91 Å². The Kier molecular flexibility index (Phi) is 8.02. The third-order valence-corrected chi connectivity index (χ3v) is 4.72. The van der Waals surface area contributed by atoms with E-state index in [9.17, 15) is 9.59 Å². The maximum absolute atomic E-state index is 12.3. The Hall–Kier alpha value is -4.33. The van der Waals surface area contributed by atoms with Crippen LogP contribution in [0.1, 0.15) is 21.5 Å². The second-order valence-electron chi connectivity index (χ2n) is 6.90. The van der Waals surface area contributed by atoms with Crippen LogP contribution in [0.15, 0.2) is 67.0 Å². The zero-order chi connectivity index (χ0) is 23.6. The van der Waals surface area contributed by atoms with Gasteiger partial charge in [-0.25, -0.2) is 0 Å². The SMILES string of the molecule is COc1cc(/C=C/C(=O)NCc2ccc(C(=O)Nc3cccnc3)cc2)cc(OC)c1OC. The molecule has 2 aromatic carbocycles. The number of hydrogen-bond donors (Lipinski definition) is 2. The number of pyridine rings is 1. The minimum Gasteiger partial charge on any atom is -0.493 e. The Bertz CT molecular complexity index is 1100. The van der Waals surface area contributed by atoms with Gasteiger partial charge in [-0.2, -0.15) is 0 Å². The molecule has 0 spiro atoms. The van der Waals surface area contributed by atoms with Crippen LogP contribution in [0.2, 0.25) is 0 Å². The van der Waals surface area contributed by atoms with Gasteiger partial charge in [0.2, 0.25) is 11.7 Å². The van der Waals surface area contributed by atoms with Gasteiger partial charge in [0, 0.05) is 24.4 Å². The predicted octanol–water partition coefficient (Wildman–Crippen LogP) is 3.69. The Morgan fingerprint density at radius 2 is 1.67 bits per heavy atom. The summed E-state index contributed by atoms with van der Waals surface area (Å²) >= 11 is 0. The Balaban J connectivity index is 1.56. The van der Waals surface area contributed by atoms with E-state index in [1.807, 2.05) is 0 Å². The number of ether oxygens (including phenoxy) is 3. The van der Waals surface area contributed by atoms with Crippen molar-refractivity contribution in [1.29, 1.82) is 0 Å². The molecular formula is C25H25N3O5. The van der Waals surface area contributed by atoms with Crippen molar-refractivity contribution < 1.29 is 23.8 Å². The largest absolute Gasteiger partial charge is 0.493 e. The molecule has 0 bridgehead atoms. The molecule has 33 heavy (non-hydrogen) atoms. The smallest absolute Gasteiger partial charge is 0.255 e. The maximum Gasteiger partial charge on any atom is 0.255 e. The van der Waals surface area contributed by atoms with E-state index in [2.05, 4.69) is 15.6 Å². The highest BCUT2D eigenvalue weighted by Gasteiger charge is 2.12. The highest BCUT2D eigenvalue weighted by atomic mass is 16.5. The Morgan fingerprint density at radius 1 is 0.970 bits per heavy atom. The maximum atomic E-state index is 12.3. The van der Waals surface area contributed by atoms with Crippen LogP contribution in [0.25, 0.3) is 6.08 Å². The van der Waals surface area contributed by atoms with Gasteiger partial charge >= 0.3 is 0 Å². The van der Waals surface area contributed by atoms with Crippen LogP contribution in [0, 0.1) is 0 Å². The van der Waals surface area contributed by atoms with Crippen molar-refractivity contribution in [3.63, 3.8) is 0 Å². The third-order valence-electron chi connectivity index (χ3n) is 4.72. The van der Waals surface area contributed by atoms with E-state index in [4.69, 9.17) is 14.2 Å².